The van der Waals surface area contributed by atoms with Gasteiger partial charge in [0.25, 0.3) is 0 Å². The zero-order chi connectivity index (χ0) is 14.0. The first-order valence-corrected chi connectivity index (χ1v) is 6.36. The summed E-state index contributed by atoms with van der Waals surface area (Å²) in [6, 6.07) is 7.90. The van der Waals surface area contributed by atoms with Gasteiger partial charge >= 0.3 is 0 Å². The molecule has 0 spiro atoms. The highest BCUT2D eigenvalue weighted by Gasteiger charge is 2.08. The van der Waals surface area contributed by atoms with E-state index in [0.29, 0.717) is 15.8 Å². The van der Waals surface area contributed by atoms with E-state index in [9.17, 15) is 13.9 Å². The first-order chi connectivity index (χ1) is 8.95. The van der Waals surface area contributed by atoms with Crippen LogP contribution in [0.15, 0.2) is 40.9 Å². The molecular formula is C14H11BrF2O2. The van der Waals surface area contributed by atoms with Crippen LogP contribution in [0.5, 0.6) is 11.5 Å². The summed E-state index contributed by atoms with van der Waals surface area (Å²) in [6.45, 7) is 1.64. The van der Waals surface area contributed by atoms with Gasteiger partial charge < -0.3 is 9.84 Å². The Morgan fingerprint density at radius 2 is 1.68 bits per heavy atom. The first kappa shape index (κ1) is 14.0. The lowest BCUT2D eigenvalue weighted by Crippen LogP contribution is -1.93. The number of aliphatic hydroxyl groups is 1. The van der Waals surface area contributed by atoms with Gasteiger partial charge in [0.2, 0.25) is 0 Å². The Labute approximate surface area is 117 Å². The molecule has 0 amide bonds. The minimum absolute atomic E-state index is 0.0780. The minimum Gasteiger partial charge on any atom is -0.457 e. The monoisotopic (exact) mass is 328 g/mol. The maximum Gasteiger partial charge on any atom is 0.133 e. The smallest absolute Gasteiger partial charge is 0.133 e. The second-order valence-corrected chi connectivity index (χ2v) is 4.92. The highest BCUT2D eigenvalue weighted by atomic mass is 79.9. The molecule has 2 nitrogen and oxygen atoms in total. The van der Waals surface area contributed by atoms with Gasteiger partial charge in [-0.2, -0.15) is 0 Å². The molecule has 2 rings (SSSR count). The van der Waals surface area contributed by atoms with Crippen molar-refractivity contribution in [2.75, 3.05) is 0 Å². The van der Waals surface area contributed by atoms with Crippen LogP contribution in [0.3, 0.4) is 0 Å². The lowest BCUT2D eigenvalue weighted by Gasteiger charge is -2.11. The predicted molar refractivity (Wildman–Crippen MR) is 71.2 cm³/mol. The van der Waals surface area contributed by atoms with Crippen molar-refractivity contribution in [2.45, 2.75) is 13.0 Å². The third kappa shape index (κ3) is 3.52. The molecule has 1 N–H and O–H groups in total. The molecule has 0 saturated heterocycles. The molecule has 0 aliphatic heterocycles. The van der Waals surface area contributed by atoms with E-state index < -0.39 is 17.7 Å². The van der Waals surface area contributed by atoms with Gasteiger partial charge in [-0.05, 0) is 24.6 Å². The largest absolute Gasteiger partial charge is 0.457 e. The second kappa shape index (κ2) is 5.67. The average molecular weight is 329 g/mol. The van der Waals surface area contributed by atoms with E-state index in [1.165, 1.54) is 0 Å². The zero-order valence-electron chi connectivity index (χ0n) is 10.0. The van der Waals surface area contributed by atoms with Gasteiger partial charge in [0, 0.05) is 22.7 Å². The fourth-order valence-electron chi connectivity index (χ4n) is 1.63. The maximum absolute atomic E-state index is 13.0. The summed E-state index contributed by atoms with van der Waals surface area (Å²) in [5.41, 5.74) is 0.706. The van der Waals surface area contributed by atoms with E-state index in [4.69, 9.17) is 4.74 Å². The normalized spacial score (nSPS) is 12.3. The molecule has 0 unspecified atom stereocenters. The molecular weight excluding hydrogens is 318 g/mol. The Morgan fingerprint density at radius 1 is 1.05 bits per heavy atom. The Balaban J connectivity index is 2.26. The van der Waals surface area contributed by atoms with E-state index >= 15 is 0 Å². The van der Waals surface area contributed by atoms with Crippen LogP contribution in [0.4, 0.5) is 8.78 Å². The van der Waals surface area contributed by atoms with Gasteiger partial charge in [-0.1, -0.05) is 22.0 Å². The van der Waals surface area contributed by atoms with Crippen molar-refractivity contribution in [3.05, 3.63) is 58.1 Å². The summed E-state index contributed by atoms with van der Waals surface area (Å²) in [5, 5.41) is 9.49. The maximum atomic E-state index is 13.0. The van der Waals surface area contributed by atoms with Crippen LogP contribution in [0.25, 0.3) is 0 Å². The molecule has 19 heavy (non-hydrogen) atoms. The van der Waals surface area contributed by atoms with Crippen LogP contribution in [0.2, 0.25) is 0 Å². The van der Waals surface area contributed by atoms with Gasteiger partial charge in [-0.15, -0.1) is 0 Å². The van der Waals surface area contributed by atoms with E-state index in [2.05, 4.69) is 15.9 Å². The van der Waals surface area contributed by atoms with E-state index in [1.54, 1.807) is 25.1 Å². The summed E-state index contributed by atoms with van der Waals surface area (Å²) >= 11 is 3.30. The molecule has 0 aliphatic rings. The second-order valence-electron chi connectivity index (χ2n) is 4.07. The quantitative estimate of drug-likeness (QED) is 0.894. The lowest BCUT2D eigenvalue weighted by molar-refractivity contribution is 0.198. The molecule has 0 radical (unpaired) electrons. The fourth-order valence-corrected chi connectivity index (χ4v) is 2.32. The molecule has 100 valence electrons. The first-order valence-electron chi connectivity index (χ1n) is 5.57. The molecule has 0 aliphatic carbocycles. The molecule has 2 aromatic rings. The molecule has 0 bridgehead atoms. The molecule has 0 fully saturated rings. The predicted octanol–water partition coefficient (Wildman–Crippen LogP) is 4.57. The number of benzene rings is 2. The van der Waals surface area contributed by atoms with Crippen molar-refractivity contribution < 1.29 is 18.6 Å². The highest BCUT2D eigenvalue weighted by Crippen LogP contribution is 2.30. The molecule has 1 atom stereocenters. The summed E-state index contributed by atoms with van der Waals surface area (Å²) in [5.74, 6) is -0.903. The Bertz CT molecular complexity index is 580. The molecule has 5 heteroatoms. The van der Waals surface area contributed by atoms with Gasteiger partial charge in [-0.25, -0.2) is 8.78 Å². The number of hydrogen-bond acceptors (Lipinski definition) is 2. The number of hydrogen-bond donors (Lipinski definition) is 1. The zero-order valence-corrected chi connectivity index (χ0v) is 11.6. The van der Waals surface area contributed by atoms with E-state index in [-0.39, 0.29) is 5.75 Å². The summed E-state index contributed by atoms with van der Waals surface area (Å²) in [6.07, 6.45) is -0.616. The SMILES string of the molecule is C[C@@H](O)c1ccc(Oc2cc(F)cc(F)c2)cc1Br. The van der Waals surface area contributed by atoms with Crippen molar-refractivity contribution >= 4 is 15.9 Å². The van der Waals surface area contributed by atoms with Gasteiger partial charge in [0.1, 0.15) is 23.1 Å². The van der Waals surface area contributed by atoms with Crippen LogP contribution < -0.4 is 4.74 Å². The van der Waals surface area contributed by atoms with Crippen molar-refractivity contribution in [1.29, 1.82) is 0 Å². The van der Waals surface area contributed by atoms with Crippen molar-refractivity contribution in [2.24, 2.45) is 0 Å². The molecule has 0 aromatic heterocycles. The van der Waals surface area contributed by atoms with Crippen LogP contribution in [0.1, 0.15) is 18.6 Å². The molecule has 0 heterocycles. The number of rotatable bonds is 3. The Hall–Kier alpha value is -1.46. The minimum atomic E-state index is -0.699. The summed E-state index contributed by atoms with van der Waals surface area (Å²) in [7, 11) is 0. The Morgan fingerprint density at radius 3 is 2.21 bits per heavy atom. The van der Waals surface area contributed by atoms with Gasteiger partial charge in [0.15, 0.2) is 0 Å². The number of halogens is 3. The van der Waals surface area contributed by atoms with E-state index in [1.807, 2.05) is 0 Å². The van der Waals surface area contributed by atoms with Crippen LogP contribution in [0, 0.1) is 11.6 Å². The topological polar surface area (TPSA) is 29.5 Å². The summed E-state index contributed by atoms with van der Waals surface area (Å²) in [4.78, 5) is 0. The van der Waals surface area contributed by atoms with Crippen LogP contribution in [-0.4, -0.2) is 5.11 Å². The lowest BCUT2D eigenvalue weighted by atomic mass is 10.1. The van der Waals surface area contributed by atoms with Crippen LogP contribution in [-0.2, 0) is 0 Å². The molecule has 0 saturated carbocycles. The third-order valence-electron chi connectivity index (χ3n) is 2.49. The fraction of sp³-hybridized carbons (Fsp3) is 0.143. The van der Waals surface area contributed by atoms with Crippen LogP contribution >= 0.6 is 15.9 Å². The highest BCUT2D eigenvalue weighted by molar-refractivity contribution is 9.10. The van der Waals surface area contributed by atoms with E-state index in [0.717, 1.165) is 18.2 Å². The standard InChI is InChI=1S/C14H11BrF2O2/c1-8(18)13-3-2-11(7-14(13)15)19-12-5-9(16)4-10(17)6-12/h2-8,18H,1H3/t8-/m1/s1. The Kier molecular flexibility index (Phi) is 4.17. The average Bonchev–Trinajstić information content (AvgIpc) is 2.26. The van der Waals surface area contributed by atoms with Crippen molar-refractivity contribution in [1.82, 2.24) is 0 Å². The number of ether oxygens (including phenoxy) is 1. The van der Waals surface area contributed by atoms with Crippen molar-refractivity contribution in [3.63, 3.8) is 0 Å². The van der Waals surface area contributed by atoms with Gasteiger partial charge in [-0.3, -0.25) is 0 Å². The molecule has 2 aromatic carbocycles. The number of aliphatic hydroxyl groups excluding tert-OH is 1. The van der Waals surface area contributed by atoms with Crippen molar-refractivity contribution in [3.8, 4) is 11.5 Å². The third-order valence-corrected chi connectivity index (χ3v) is 3.18. The summed E-state index contributed by atoms with van der Waals surface area (Å²) < 4.78 is 32.1. The van der Waals surface area contributed by atoms with Gasteiger partial charge in [0.05, 0.1) is 6.10 Å².